The molecule has 0 heterocycles. The van der Waals surface area contributed by atoms with Gasteiger partial charge in [-0.05, 0) is 35.9 Å². The second-order valence-corrected chi connectivity index (χ2v) is 4.77. The van der Waals surface area contributed by atoms with Crippen molar-refractivity contribution in [3.63, 3.8) is 0 Å². The van der Waals surface area contributed by atoms with Crippen LogP contribution in [0.3, 0.4) is 0 Å². The van der Waals surface area contributed by atoms with Crippen LogP contribution in [0.5, 0.6) is 17.2 Å². The van der Waals surface area contributed by atoms with Crippen LogP contribution in [0.2, 0.25) is 0 Å². The van der Waals surface area contributed by atoms with Crippen LogP contribution in [-0.4, -0.2) is 29.2 Å². The molecule has 0 aliphatic heterocycles. The van der Waals surface area contributed by atoms with Crippen molar-refractivity contribution in [2.45, 2.75) is 0 Å². The van der Waals surface area contributed by atoms with Gasteiger partial charge >= 0.3 is 5.97 Å². The summed E-state index contributed by atoms with van der Waals surface area (Å²) in [6, 6.07) is 7.93. The Balaban J connectivity index is 2.15. The molecular formula is C17H14NO6-. The molecule has 7 nitrogen and oxygen atoms in total. The van der Waals surface area contributed by atoms with Crippen molar-refractivity contribution in [2.75, 3.05) is 12.4 Å². The van der Waals surface area contributed by atoms with Crippen molar-refractivity contribution >= 4 is 23.6 Å². The lowest BCUT2D eigenvalue weighted by molar-refractivity contribution is -0.270. The van der Waals surface area contributed by atoms with E-state index in [0.29, 0.717) is 5.56 Å². The molecule has 124 valence electrons. The van der Waals surface area contributed by atoms with Crippen LogP contribution < -0.4 is 15.2 Å². The monoisotopic (exact) mass is 328 g/mol. The average Bonchev–Trinajstić information content (AvgIpc) is 2.55. The van der Waals surface area contributed by atoms with E-state index in [1.54, 1.807) is 0 Å². The van der Waals surface area contributed by atoms with Gasteiger partial charge in [0.15, 0.2) is 0 Å². The Morgan fingerprint density at radius 3 is 2.62 bits per heavy atom. The van der Waals surface area contributed by atoms with Crippen LogP contribution in [0.25, 0.3) is 6.08 Å². The number of hydrogen-bond donors (Lipinski definition) is 3. The number of carbonyl (C=O) groups excluding carboxylic acids is 1. The molecule has 7 heteroatoms. The van der Waals surface area contributed by atoms with Crippen LogP contribution in [0.15, 0.2) is 42.5 Å². The maximum Gasteiger partial charge on any atom is 0.337 e. The number of rotatable bonds is 5. The lowest BCUT2D eigenvalue weighted by Gasteiger charge is -2.12. The average molecular weight is 328 g/mol. The quantitative estimate of drug-likeness (QED) is 0.569. The second kappa shape index (κ2) is 7.19. The van der Waals surface area contributed by atoms with E-state index < -0.39 is 11.9 Å². The topological polar surface area (TPSA) is 119 Å². The molecule has 3 N–H and O–H groups in total. The van der Waals surface area contributed by atoms with Gasteiger partial charge < -0.3 is 25.4 Å². The number of benzene rings is 2. The summed E-state index contributed by atoms with van der Waals surface area (Å²) in [6.45, 7) is 0. The van der Waals surface area contributed by atoms with E-state index in [1.807, 2.05) is 0 Å². The number of carboxylic acids is 1. The highest BCUT2D eigenvalue weighted by Gasteiger charge is 2.12. The third-order valence-corrected chi connectivity index (χ3v) is 3.11. The summed E-state index contributed by atoms with van der Waals surface area (Å²) in [7, 11) is 1.37. The molecule has 0 saturated carbocycles. The zero-order valence-electron chi connectivity index (χ0n) is 12.6. The van der Waals surface area contributed by atoms with Crippen LogP contribution in [0.1, 0.15) is 15.9 Å². The highest BCUT2D eigenvalue weighted by molar-refractivity contribution is 6.06. The first kappa shape index (κ1) is 16.9. The van der Waals surface area contributed by atoms with E-state index in [4.69, 9.17) is 9.84 Å². The number of amides is 1. The summed E-state index contributed by atoms with van der Waals surface area (Å²) in [4.78, 5) is 23.0. The Morgan fingerprint density at radius 2 is 1.96 bits per heavy atom. The van der Waals surface area contributed by atoms with Crippen LogP contribution in [0, 0.1) is 0 Å². The fourth-order valence-corrected chi connectivity index (χ4v) is 1.95. The van der Waals surface area contributed by atoms with E-state index in [0.717, 1.165) is 6.07 Å². The van der Waals surface area contributed by atoms with Crippen LogP contribution in [-0.2, 0) is 4.79 Å². The van der Waals surface area contributed by atoms with E-state index in [1.165, 1.54) is 49.6 Å². The van der Waals surface area contributed by atoms with Gasteiger partial charge in [0.05, 0.1) is 18.4 Å². The molecule has 2 rings (SSSR count). The summed E-state index contributed by atoms with van der Waals surface area (Å²) in [5, 5.41) is 32.2. The normalized spacial score (nSPS) is 10.5. The summed E-state index contributed by atoms with van der Waals surface area (Å²) >= 11 is 0. The lowest BCUT2D eigenvalue weighted by Crippen LogP contribution is -2.11. The molecule has 0 radical (unpaired) electrons. The highest BCUT2D eigenvalue weighted by atomic mass is 16.5. The molecule has 0 unspecified atom stereocenters. The van der Waals surface area contributed by atoms with Gasteiger partial charge in [0.2, 0.25) is 5.91 Å². The molecule has 0 saturated heterocycles. The number of phenolic OH excluding ortho intramolecular Hbond substituents is 1. The van der Waals surface area contributed by atoms with Crippen molar-refractivity contribution in [1.29, 1.82) is 0 Å². The van der Waals surface area contributed by atoms with Crippen molar-refractivity contribution in [3.05, 3.63) is 53.6 Å². The largest absolute Gasteiger partial charge is 0.870 e. The minimum absolute atomic E-state index is 0.0578. The van der Waals surface area contributed by atoms with E-state index >= 15 is 0 Å². The molecule has 2 aromatic rings. The van der Waals surface area contributed by atoms with Gasteiger partial charge in [-0.3, -0.25) is 4.79 Å². The summed E-state index contributed by atoms with van der Waals surface area (Å²) < 4.78 is 4.91. The standard InChI is InChI=1S/C17H15NO6/c1-24-15-8-10(2-6-14(15)20)3-7-16(21)18-13-5-4-11(19)9-12(13)17(22)23/h2-9,19-20H,1H3,(H,18,21)(H,22,23)/p-1/b7-3+. The molecule has 0 fully saturated rings. The molecule has 0 aromatic heterocycles. The fraction of sp³-hybridized carbons (Fsp3) is 0.0588. The zero-order chi connectivity index (χ0) is 17.7. The molecule has 0 atom stereocenters. The SMILES string of the molecule is COc1cc(/C=C/C(=O)Nc2ccc(O)cc2C(=O)O)ccc1[O-]. The third-order valence-electron chi connectivity index (χ3n) is 3.11. The number of carbonyl (C=O) groups is 2. The predicted octanol–water partition coefficient (Wildman–Crippen LogP) is 1.82. The molecule has 1 amide bonds. The van der Waals surface area contributed by atoms with E-state index in [-0.39, 0.29) is 28.5 Å². The number of aromatic hydroxyl groups is 1. The van der Waals surface area contributed by atoms with Crippen molar-refractivity contribution in [3.8, 4) is 17.2 Å². The zero-order valence-corrected chi connectivity index (χ0v) is 12.6. The van der Waals surface area contributed by atoms with E-state index in [9.17, 15) is 19.8 Å². The number of nitrogens with one attached hydrogen (secondary N) is 1. The van der Waals surface area contributed by atoms with Crippen molar-refractivity contribution in [2.24, 2.45) is 0 Å². The number of anilines is 1. The molecule has 24 heavy (non-hydrogen) atoms. The molecule has 0 bridgehead atoms. The maximum absolute atomic E-state index is 11.9. The van der Waals surface area contributed by atoms with Gasteiger partial charge in [-0.25, -0.2) is 4.79 Å². The molecular weight excluding hydrogens is 314 g/mol. The van der Waals surface area contributed by atoms with Crippen LogP contribution >= 0.6 is 0 Å². The van der Waals surface area contributed by atoms with Gasteiger partial charge in [0.25, 0.3) is 0 Å². The van der Waals surface area contributed by atoms with Crippen LogP contribution in [0.4, 0.5) is 5.69 Å². The second-order valence-electron chi connectivity index (χ2n) is 4.77. The predicted molar refractivity (Wildman–Crippen MR) is 85.2 cm³/mol. The number of methoxy groups -OCH3 is 1. The highest BCUT2D eigenvalue weighted by Crippen LogP contribution is 2.24. The lowest BCUT2D eigenvalue weighted by atomic mass is 10.1. The number of aromatic carboxylic acids is 1. The summed E-state index contributed by atoms with van der Waals surface area (Å²) in [5.74, 6) is -2.17. The van der Waals surface area contributed by atoms with Crippen molar-refractivity contribution < 1.29 is 29.6 Å². The van der Waals surface area contributed by atoms with Gasteiger partial charge in [-0.2, -0.15) is 0 Å². The Bertz CT molecular complexity index is 813. The van der Waals surface area contributed by atoms with Gasteiger partial charge in [-0.15, -0.1) is 0 Å². The maximum atomic E-state index is 11.9. The first-order valence-corrected chi connectivity index (χ1v) is 6.81. The first-order chi connectivity index (χ1) is 11.4. The Labute approximate surface area is 137 Å². The third kappa shape index (κ3) is 4.04. The van der Waals surface area contributed by atoms with Crippen molar-refractivity contribution in [1.82, 2.24) is 0 Å². The number of ether oxygens (including phenoxy) is 1. The summed E-state index contributed by atoms with van der Waals surface area (Å²) in [5.41, 5.74) is 0.405. The molecule has 0 aliphatic rings. The molecule has 0 aliphatic carbocycles. The number of carboxylic acid groups (broad SMARTS) is 1. The summed E-state index contributed by atoms with van der Waals surface area (Å²) in [6.07, 6.45) is 2.65. The minimum Gasteiger partial charge on any atom is -0.870 e. The smallest absolute Gasteiger partial charge is 0.337 e. The first-order valence-electron chi connectivity index (χ1n) is 6.81. The number of phenols is 1. The molecule has 2 aromatic carbocycles. The Kier molecular flexibility index (Phi) is 5.06. The minimum atomic E-state index is -1.28. The number of hydrogen-bond acceptors (Lipinski definition) is 5. The Morgan fingerprint density at radius 1 is 1.21 bits per heavy atom. The van der Waals surface area contributed by atoms with E-state index in [2.05, 4.69) is 5.32 Å². The Hall–Kier alpha value is -3.48. The van der Waals surface area contributed by atoms with Gasteiger partial charge in [0.1, 0.15) is 11.5 Å². The van der Waals surface area contributed by atoms with Gasteiger partial charge in [0, 0.05) is 6.08 Å². The van der Waals surface area contributed by atoms with Gasteiger partial charge in [-0.1, -0.05) is 17.9 Å². The fourth-order valence-electron chi connectivity index (χ4n) is 1.95. The molecule has 0 spiro atoms.